The molecule has 0 aliphatic carbocycles. The van der Waals surface area contributed by atoms with Crippen LogP contribution in [0.4, 0.5) is 10.1 Å². The van der Waals surface area contributed by atoms with E-state index in [1.54, 1.807) is 43.3 Å². The van der Waals surface area contributed by atoms with Crippen LogP contribution < -0.4 is 5.32 Å². The van der Waals surface area contributed by atoms with Crippen LogP contribution in [0.1, 0.15) is 62.3 Å². The van der Waals surface area contributed by atoms with E-state index in [0.29, 0.717) is 36.5 Å². The molecule has 0 atom stereocenters. The Morgan fingerprint density at radius 2 is 1.69 bits per heavy atom. The summed E-state index contributed by atoms with van der Waals surface area (Å²) >= 11 is 5.90. The molecule has 1 aromatic heterocycles. The fourth-order valence-corrected chi connectivity index (χ4v) is 4.37. The maximum Gasteiger partial charge on any atom is 0.338 e. The fraction of sp³-hybridized carbons (Fsp3) is 0.259. The van der Waals surface area contributed by atoms with Crippen molar-refractivity contribution in [2.75, 3.05) is 25.0 Å². The van der Waals surface area contributed by atoms with E-state index in [4.69, 9.17) is 16.3 Å². The van der Waals surface area contributed by atoms with Gasteiger partial charge in [-0.3, -0.25) is 9.59 Å². The molecule has 2 heterocycles. The van der Waals surface area contributed by atoms with E-state index in [1.165, 1.54) is 0 Å². The molecule has 36 heavy (non-hydrogen) atoms. The Morgan fingerprint density at radius 3 is 2.33 bits per heavy atom. The van der Waals surface area contributed by atoms with Crippen LogP contribution in [-0.2, 0) is 4.74 Å². The molecule has 1 saturated heterocycles. The zero-order valence-electron chi connectivity index (χ0n) is 19.7. The molecule has 2 aromatic carbocycles. The van der Waals surface area contributed by atoms with Gasteiger partial charge in [-0.1, -0.05) is 23.7 Å². The number of benzene rings is 2. The molecule has 1 N–H and O–H groups in total. The topological polar surface area (TPSA) is 88.6 Å². The minimum atomic E-state index is -0.640. The number of nitrogens with zero attached hydrogens (tertiary/aromatic N) is 2. The van der Waals surface area contributed by atoms with Crippen LogP contribution in [-0.4, -0.2) is 47.4 Å². The lowest BCUT2D eigenvalue weighted by atomic mass is 9.89. The number of carbonyl (C=O) groups excluding carboxylic acids is 3. The average Bonchev–Trinajstić information content (AvgIpc) is 2.90. The first-order valence-electron chi connectivity index (χ1n) is 11.6. The number of ether oxygens (including phenoxy) is 1. The van der Waals surface area contributed by atoms with Gasteiger partial charge in [-0.2, -0.15) is 0 Å². The zero-order valence-corrected chi connectivity index (χ0v) is 20.4. The lowest BCUT2D eigenvalue weighted by Gasteiger charge is -2.32. The van der Waals surface area contributed by atoms with Crippen LogP contribution in [0.25, 0.3) is 0 Å². The third-order valence-electron chi connectivity index (χ3n) is 6.12. The highest BCUT2D eigenvalue weighted by Crippen LogP contribution is 2.30. The summed E-state index contributed by atoms with van der Waals surface area (Å²) in [7, 11) is 0. The predicted molar refractivity (Wildman–Crippen MR) is 134 cm³/mol. The highest BCUT2D eigenvalue weighted by atomic mass is 35.5. The lowest BCUT2D eigenvalue weighted by Crippen LogP contribution is -2.37. The summed E-state index contributed by atoms with van der Waals surface area (Å²) in [4.78, 5) is 42.6. The van der Waals surface area contributed by atoms with E-state index in [2.05, 4.69) is 10.3 Å². The number of carbonyl (C=O) groups is 3. The van der Waals surface area contributed by atoms with Gasteiger partial charge in [-0.25, -0.2) is 14.2 Å². The van der Waals surface area contributed by atoms with Crippen molar-refractivity contribution >= 4 is 35.1 Å². The summed E-state index contributed by atoms with van der Waals surface area (Å²) in [5.41, 5.74) is 2.60. The molecule has 4 rings (SSSR count). The summed E-state index contributed by atoms with van der Waals surface area (Å²) in [5, 5.41) is 2.63. The maximum atomic E-state index is 13.4. The van der Waals surface area contributed by atoms with Crippen molar-refractivity contribution < 1.29 is 23.5 Å². The Morgan fingerprint density at radius 1 is 1.06 bits per heavy atom. The van der Waals surface area contributed by atoms with E-state index in [9.17, 15) is 18.8 Å². The number of nitrogens with one attached hydrogen (secondary N) is 1. The van der Waals surface area contributed by atoms with Gasteiger partial charge >= 0.3 is 5.97 Å². The van der Waals surface area contributed by atoms with Gasteiger partial charge in [0, 0.05) is 24.3 Å². The van der Waals surface area contributed by atoms with Crippen molar-refractivity contribution in [3.8, 4) is 0 Å². The quantitative estimate of drug-likeness (QED) is 0.359. The standard InChI is InChI=1S/C27H25ClFN3O4/c1-2-36-27(35)20-5-3-19(4-6-20)26(34)32-13-11-18(12-14-32)17-7-9-22(10-8-17)31-25(33)23-15-21(29)16-30-24(23)28/h3-10,15-16,18H,2,11-14H2,1H3,(H,31,33). The number of hydrogen-bond acceptors (Lipinski definition) is 5. The maximum absolute atomic E-state index is 13.4. The molecule has 1 aliphatic heterocycles. The van der Waals surface area contributed by atoms with Crippen molar-refractivity contribution in [1.29, 1.82) is 0 Å². The van der Waals surface area contributed by atoms with E-state index in [-0.39, 0.29) is 22.5 Å². The summed E-state index contributed by atoms with van der Waals surface area (Å²) < 4.78 is 18.4. The largest absolute Gasteiger partial charge is 0.462 e. The highest BCUT2D eigenvalue weighted by molar-refractivity contribution is 6.33. The van der Waals surface area contributed by atoms with Crippen LogP contribution in [0, 0.1) is 5.82 Å². The number of likely N-dealkylation sites (tertiary alicyclic amines) is 1. The molecular weight excluding hydrogens is 485 g/mol. The second-order valence-electron chi connectivity index (χ2n) is 8.43. The Balaban J connectivity index is 1.32. The molecule has 1 fully saturated rings. The van der Waals surface area contributed by atoms with Crippen molar-refractivity contribution in [1.82, 2.24) is 9.88 Å². The zero-order chi connectivity index (χ0) is 25.7. The predicted octanol–water partition coefficient (Wildman–Crippen LogP) is 5.32. The van der Waals surface area contributed by atoms with Gasteiger partial charge in [-0.15, -0.1) is 0 Å². The first-order chi connectivity index (χ1) is 17.4. The highest BCUT2D eigenvalue weighted by Gasteiger charge is 2.25. The van der Waals surface area contributed by atoms with Crippen LogP contribution in [0.15, 0.2) is 60.8 Å². The Hall–Kier alpha value is -3.78. The molecule has 0 spiro atoms. The number of amides is 2. The van der Waals surface area contributed by atoms with Gasteiger partial charge < -0.3 is 15.0 Å². The number of piperidine rings is 1. The number of rotatable bonds is 6. The first-order valence-corrected chi connectivity index (χ1v) is 12.0. The van der Waals surface area contributed by atoms with Crippen LogP contribution in [0.5, 0.6) is 0 Å². The van der Waals surface area contributed by atoms with Gasteiger partial charge in [0.1, 0.15) is 11.0 Å². The van der Waals surface area contributed by atoms with E-state index in [1.807, 2.05) is 17.0 Å². The molecule has 0 saturated carbocycles. The van der Waals surface area contributed by atoms with Crippen LogP contribution in [0.3, 0.4) is 0 Å². The molecule has 3 aromatic rings. The summed E-state index contributed by atoms with van der Waals surface area (Å²) in [5.74, 6) is -1.36. The van der Waals surface area contributed by atoms with Crippen molar-refractivity contribution in [3.05, 3.63) is 94.0 Å². The molecule has 186 valence electrons. The molecule has 0 unspecified atom stereocenters. The minimum absolute atomic E-state index is 0.0340. The SMILES string of the molecule is CCOC(=O)c1ccc(C(=O)N2CCC(c3ccc(NC(=O)c4cc(F)cnc4Cl)cc3)CC2)cc1. The molecule has 1 aliphatic rings. The lowest BCUT2D eigenvalue weighted by molar-refractivity contribution is 0.0525. The number of hydrogen-bond donors (Lipinski definition) is 1. The Labute approximate surface area is 213 Å². The van der Waals surface area contributed by atoms with Crippen LogP contribution >= 0.6 is 11.6 Å². The van der Waals surface area contributed by atoms with Gasteiger partial charge in [0.2, 0.25) is 0 Å². The number of halogens is 2. The van der Waals surface area contributed by atoms with Crippen LogP contribution in [0.2, 0.25) is 5.15 Å². The Bertz CT molecular complexity index is 1260. The average molecular weight is 510 g/mol. The number of esters is 1. The first kappa shape index (κ1) is 25.3. The summed E-state index contributed by atoms with van der Waals surface area (Å²) in [6, 6.07) is 15.0. The molecule has 9 heteroatoms. The van der Waals surface area contributed by atoms with Gasteiger partial charge in [0.25, 0.3) is 11.8 Å². The third-order valence-corrected chi connectivity index (χ3v) is 6.42. The molecule has 2 amide bonds. The smallest absolute Gasteiger partial charge is 0.338 e. The van der Waals surface area contributed by atoms with Crippen molar-refractivity contribution in [2.45, 2.75) is 25.7 Å². The van der Waals surface area contributed by atoms with Crippen molar-refractivity contribution in [2.24, 2.45) is 0 Å². The molecule has 7 nitrogen and oxygen atoms in total. The second kappa shape index (κ2) is 11.3. The molecular formula is C27H25ClFN3O4. The number of aromatic nitrogens is 1. The number of pyridine rings is 1. The summed E-state index contributed by atoms with van der Waals surface area (Å²) in [6.45, 7) is 3.28. The van der Waals surface area contributed by atoms with Crippen molar-refractivity contribution in [3.63, 3.8) is 0 Å². The van der Waals surface area contributed by atoms with Gasteiger partial charge in [0.05, 0.1) is 23.9 Å². The minimum Gasteiger partial charge on any atom is -0.462 e. The fourth-order valence-electron chi connectivity index (χ4n) is 4.18. The Kier molecular flexibility index (Phi) is 7.95. The van der Waals surface area contributed by atoms with Gasteiger partial charge in [0.15, 0.2) is 0 Å². The molecule has 0 bridgehead atoms. The summed E-state index contributed by atoms with van der Waals surface area (Å²) in [6.07, 6.45) is 2.57. The van der Waals surface area contributed by atoms with E-state index in [0.717, 1.165) is 30.7 Å². The normalized spacial score (nSPS) is 13.8. The van der Waals surface area contributed by atoms with E-state index < -0.39 is 17.7 Å². The second-order valence-corrected chi connectivity index (χ2v) is 8.79. The molecule has 0 radical (unpaired) electrons. The third kappa shape index (κ3) is 5.88. The monoisotopic (exact) mass is 509 g/mol. The number of anilines is 1. The van der Waals surface area contributed by atoms with Gasteiger partial charge in [-0.05, 0) is 73.7 Å². The van der Waals surface area contributed by atoms with E-state index >= 15 is 0 Å².